The van der Waals surface area contributed by atoms with Gasteiger partial charge in [-0.1, -0.05) is 35.9 Å². The summed E-state index contributed by atoms with van der Waals surface area (Å²) in [7, 11) is 1.63. The van der Waals surface area contributed by atoms with E-state index in [0.717, 1.165) is 17.0 Å². The van der Waals surface area contributed by atoms with Gasteiger partial charge in [-0.15, -0.1) is 0 Å². The van der Waals surface area contributed by atoms with Gasteiger partial charge in [0.1, 0.15) is 5.75 Å². The molecular formula is C18H21NO3. The topological polar surface area (TPSA) is 49.8 Å². The highest BCUT2D eigenvalue weighted by Crippen LogP contribution is 2.23. The lowest BCUT2D eigenvalue weighted by atomic mass is 10.1. The van der Waals surface area contributed by atoms with Crippen LogP contribution in [-0.4, -0.2) is 24.7 Å². The summed E-state index contributed by atoms with van der Waals surface area (Å²) >= 11 is 0. The van der Waals surface area contributed by atoms with Gasteiger partial charge < -0.3 is 14.7 Å². The SMILES string of the molecule is COc1cccc(N(CCC(=O)O)Cc2ccc(C)cc2)c1. The van der Waals surface area contributed by atoms with Gasteiger partial charge in [-0.2, -0.15) is 0 Å². The van der Waals surface area contributed by atoms with Crippen LogP contribution in [0.25, 0.3) is 0 Å². The van der Waals surface area contributed by atoms with E-state index in [1.165, 1.54) is 5.56 Å². The molecule has 4 heteroatoms. The Morgan fingerprint density at radius 1 is 1.18 bits per heavy atom. The summed E-state index contributed by atoms with van der Waals surface area (Å²) in [6.07, 6.45) is 0.100. The number of carboxylic acid groups (broad SMARTS) is 1. The molecule has 0 unspecified atom stereocenters. The summed E-state index contributed by atoms with van der Waals surface area (Å²) in [5.41, 5.74) is 3.32. The van der Waals surface area contributed by atoms with Crippen molar-refractivity contribution in [3.05, 3.63) is 59.7 Å². The van der Waals surface area contributed by atoms with Crippen LogP contribution in [-0.2, 0) is 11.3 Å². The van der Waals surface area contributed by atoms with Gasteiger partial charge in [-0.05, 0) is 24.6 Å². The molecule has 0 aliphatic rings. The molecule has 2 rings (SSSR count). The Kier molecular flexibility index (Phi) is 5.42. The largest absolute Gasteiger partial charge is 0.497 e. The zero-order valence-electron chi connectivity index (χ0n) is 13.0. The number of carboxylic acids is 1. The van der Waals surface area contributed by atoms with Gasteiger partial charge >= 0.3 is 5.97 Å². The van der Waals surface area contributed by atoms with Crippen molar-refractivity contribution in [3.63, 3.8) is 0 Å². The van der Waals surface area contributed by atoms with Crippen molar-refractivity contribution in [2.75, 3.05) is 18.6 Å². The fraction of sp³-hybridized carbons (Fsp3) is 0.278. The molecule has 2 aromatic rings. The molecule has 116 valence electrons. The van der Waals surface area contributed by atoms with Crippen LogP contribution in [0.4, 0.5) is 5.69 Å². The second-order valence-electron chi connectivity index (χ2n) is 5.25. The van der Waals surface area contributed by atoms with Gasteiger partial charge in [0.2, 0.25) is 0 Å². The smallest absolute Gasteiger partial charge is 0.305 e. The molecule has 0 radical (unpaired) electrons. The summed E-state index contributed by atoms with van der Waals surface area (Å²) in [5, 5.41) is 8.96. The van der Waals surface area contributed by atoms with E-state index in [4.69, 9.17) is 9.84 Å². The van der Waals surface area contributed by atoms with Crippen LogP contribution in [0.3, 0.4) is 0 Å². The third kappa shape index (κ3) is 4.52. The first kappa shape index (κ1) is 15.9. The van der Waals surface area contributed by atoms with E-state index in [0.29, 0.717) is 13.1 Å². The number of methoxy groups -OCH3 is 1. The quantitative estimate of drug-likeness (QED) is 0.850. The van der Waals surface area contributed by atoms with Crippen LogP contribution < -0.4 is 9.64 Å². The molecule has 0 saturated heterocycles. The van der Waals surface area contributed by atoms with Gasteiger partial charge in [-0.25, -0.2) is 0 Å². The first-order valence-electron chi connectivity index (χ1n) is 7.25. The number of hydrogen-bond donors (Lipinski definition) is 1. The Hall–Kier alpha value is -2.49. The van der Waals surface area contributed by atoms with Crippen LogP contribution in [0.5, 0.6) is 5.75 Å². The number of hydrogen-bond acceptors (Lipinski definition) is 3. The average molecular weight is 299 g/mol. The minimum atomic E-state index is -0.795. The monoisotopic (exact) mass is 299 g/mol. The number of aryl methyl sites for hydroxylation is 1. The third-order valence-electron chi connectivity index (χ3n) is 3.51. The van der Waals surface area contributed by atoms with E-state index in [1.807, 2.05) is 31.2 Å². The molecular weight excluding hydrogens is 278 g/mol. The maximum absolute atomic E-state index is 10.9. The minimum absolute atomic E-state index is 0.100. The lowest BCUT2D eigenvalue weighted by Crippen LogP contribution is -2.25. The first-order chi connectivity index (χ1) is 10.6. The van der Waals surface area contributed by atoms with Gasteiger partial charge in [0.15, 0.2) is 0 Å². The van der Waals surface area contributed by atoms with Crippen LogP contribution >= 0.6 is 0 Å². The van der Waals surface area contributed by atoms with Crippen molar-refractivity contribution in [2.24, 2.45) is 0 Å². The van der Waals surface area contributed by atoms with Crippen molar-refractivity contribution >= 4 is 11.7 Å². The average Bonchev–Trinajstić information content (AvgIpc) is 2.53. The van der Waals surface area contributed by atoms with Gasteiger partial charge in [0.05, 0.1) is 13.5 Å². The normalized spacial score (nSPS) is 10.3. The highest BCUT2D eigenvalue weighted by Gasteiger charge is 2.10. The Morgan fingerprint density at radius 2 is 1.91 bits per heavy atom. The molecule has 0 spiro atoms. The molecule has 0 fully saturated rings. The third-order valence-corrected chi connectivity index (χ3v) is 3.51. The van der Waals surface area contributed by atoms with Crippen molar-refractivity contribution in [2.45, 2.75) is 19.9 Å². The van der Waals surface area contributed by atoms with Gasteiger partial charge in [0.25, 0.3) is 0 Å². The number of anilines is 1. The Morgan fingerprint density at radius 3 is 2.55 bits per heavy atom. The number of nitrogens with zero attached hydrogens (tertiary/aromatic N) is 1. The molecule has 4 nitrogen and oxygen atoms in total. The van der Waals surface area contributed by atoms with Crippen molar-refractivity contribution in [1.29, 1.82) is 0 Å². The molecule has 0 aliphatic carbocycles. The zero-order chi connectivity index (χ0) is 15.9. The predicted molar refractivity (Wildman–Crippen MR) is 87.5 cm³/mol. The van der Waals surface area contributed by atoms with Crippen molar-refractivity contribution < 1.29 is 14.6 Å². The molecule has 0 atom stereocenters. The number of benzene rings is 2. The summed E-state index contributed by atoms with van der Waals surface area (Å²) in [4.78, 5) is 13.0. The number of rotatable bonds is 7. The Labute approximate surface area is 131 Å². The lowest BCUT2D eigenvalue weighted by molar-refractivity contribution is -0.136. The van der Waals surface area contributed by atoms with E-state index in [1.54, 1.807) is 7.11 Å². The molecule has 2 aromatic carbocycles. The molecule has 1 N–H and O–H groups in total. The molecule has 0 aliphatic heterocycles. The molecule has 0 heterocycles. The van der Waals surface area contributed by atoms with Crippen LogP contribution in [0.2, 0.25) is 0 Å². The van der Waals surface area contributed by atoms with E-state index in [-0.39, 0.29) is 6.42 Å². The fourth-order valence-corrected chi connectivity index (χ4v) is 2.25. The van der Waals surface area contributed by atoms with E-state index < -0.39 is 5.97 Å². The maximum atomic E-state index is 10.9. The fourth-order valence-electron chi connectivity index (χ4n) is 2.25. The van der Waals surface area contributed by atoms with Crippen molar-refractivity contribution in [1.82, 2.24) is 0 Å². The maximum Gasteiger partial charge on any atom is 0.305 e. The molecule has 0 saturated carbocycles. The Bertz CT molecular complexity index is 622. The van der Waals surface area contributed by atoms with E-state index in [2.05, 4.69) is 29.2 Å². The van der Waals surface area contributed by atoms with Gasteiger partial charge in [-0.3, -0.25) is 4.79 Å². The molecule has 22 heavy (non-hydrogen) atoms. The molecule has 0 aromatic heterocycles. The summed E-state index contributed by atoms with van der Waals surface area (Å²) in [6.45, 7) is 3.17. The van der Waals surface area contributed by atoms with Crippen LogP contribution in [0, 0.1) is 6.92 Å². The number of carbonyl (C=O) groups is 1. The van der Waals surface area contributed by atoms with E-state index >= 15 is 0 Å². The molecule has 0 amide bonds. The lowest BCUT2D eigenvalue weighted by Gasteiger charge is -2.25. The second-order valence-corrected chi connectivity index (χ2v) is 5.25. The second kappa shape index (κ2) is 7.50. The number of ether oxygens (including phenoxy) is 1. The summed E-state index contributed by atoms with van der Waals surface area (Å²) in [6, 6.07) is 16.0. The standard InChI is InChI=1S/C18H21NO3/c1-14-6-8-15(9-7-14)13-19(11-10-18(20)21)16-4-3-5-17(12-16)22-2/h3-9,12H,10-11,13H2,1-2H3,(H,20,21). The first-order valence-corrected chi connectivity index (χ1v) is 7.25. The highest BCUT2D eigenvalue weighted by atomic mass is 16.5. The van der Waals surface area contributed by atoms with Crippen LogP contribution in [0.1, 0.15) is 17.5 Å². The molecule has 0 bridgehead atoms. The Balaban J connectivity index is 2.20. The van der Waals surface area contributed by atoms with Gasteiger partial charge in [0, 0.05) is 24.8 Å². The predicted octanol–water partition coefficient (Wildman–Crippen LogP) is 3.48. The zero-order valence-corrected chi connectivity index (χ0v) is 13.0. The minimum Gasteiger partial charge on any atom is -0.497 e. The summed E-state index contributed by atoms with van der Waals surface area (Å²) in [5.74, 6) is -0.0291. The number of aliphatic carboxylic acids is 1. The van der Waals surface area contributed by atoms with Crippen molar-refractivity contribution in [3.8, 4) is 5.75 Å². The highest BCUT2D eigenvalue weighted by molar-refractivity contribution is 5.67. The summed E-state index contributed by atoms with van der Waals surface area (Å²) < 4.78 is 5.25. The van der Waals surface area contributed by atoms with E-state index in [9.17, 15) is 4.79 Å². The van der Waals surface area contributed by atoms with Crippen LogP contribution in [0.15, 0.2) is 48.5 Å².